The van der Waals surface area contributed by atoms with E-state index in [1.54, 1.807) is 24.3 Å². The van der Waals surface area contributed by atoms with E-state index in [9.17, 15) is 18.7 Å². The molecule has 0 saturated carbocycles. The van der Waals surface area contributed by atoms with Gasteiger partial charge in [0.2, 0.25) is 5.91 Å². The molecule has 3 aromatic rings. The van der Waals surface area contributed by atoms with Crippen LogP contribution in [0.25, 0.3) is 11.6 Å². The first kappa shape index (κ1) is 26.7. The van der Waals surface area contributed by atoms with Crippen LogP contribution in [0.3, 0.4) is 0 Å². The van der Waals surface area contributed by atoms with Gasteiger partial charge in [0.1, 0.15) is 18.5 Å². The highest BCUT2D eigenvalue weighted by atomic mass is 19.2. The third-order valence-electron chi connectivity index (χ3n) is 4.68. The van der Waals surface area contributed by atoms with Crippen LogP contribution in [0.1, 0.15) is 30.5 Å². The Morgan fingerprint density at radius 3 is 2.32 bits per heavy atom. The van der Waals surface area contributed by atoms with Crippen LogP contribution >= 0.6 is 0 Å². The number of ether oxygens (including phenoxy) is 1. The fraction of sp³-hybridized carbons (Fsp3) is 0.222. The molecular weight excluding hydrogens is 438 g/mol. The number of halogens is 2. The predicted molar refractivity (Wildman–Crippen MR) is 131 cm³/mol. The Labute approximate surface area is 198 Å². The van der Waals surface area contributed by atoms with Gasteiger partial charge < -0.3 is 20.9 Å². The minimum absolute atomic E-state index is 0.0918. The maximum absolute atomic E-state index is 13.4. The zero-order valence-corrected chi connectivity index (χ0v) is 19.3. The van der Waals surface area contributed by atoms with Gasteiger partial charge in [0.05, 0.1) is 0 Å². The van der Waals surface area contributed by atoms with Gasteiger partial charge in [-0.25, -0.2) is 8.78 Å². The highest BCUT2D eigenvalue weighted by Crippen LogP contribution is 2.22. The number of carbonyl (C=O) groups excluding carboxylic acids is 1. The molecule has 0 spiro atoms. The molecule has 0 saturated heterocycles. The summed E-state index contributed by atoms with van der Waals surface area (Å²) in [5, 5.41) is 13.3. The molecule has 3 rings (SSSR count). The van der Waals surface area contributed by atoms with E-state index in [0.717, 1.165) is 17.7 Å². The highest BCUT2D eigenvalue weighted by molar-refractivity contribution is 6.23. The lowest BCUT2D eigenvalue weighted by molar-refractivity contribution is -0.112. The summed E-state index contributed by atoms with van der Waals surface area (Å²) < 4.78 is 32.1. The summed E-state index contributed by atoms with van der Waals surface area (Å²) in [7, 11) is 0. The molecule has 0 aliphatic rings. The van der Waals surface area contributed by atoms with Gasteiger partial charge in [-0.1, -0.05) is 62.4 Å². The Morgan fingerprint density at radius 2 is 1.71 bits per heavy atom. The first-order valence-electron chi connectivity index (χ1n) is 11.0. The zero-order valence-electron chi connectivity index (χ0n) is 19.3. The molecule has 0 aromatic heterocycles. The summed E-state index contributed by atoms with van der Waals surface area (Å²) in [4.78, 5) is 11.9. The molecule has 7 heteroatoms. The molecule has 0 radical (unpaired) electrons. The van der Waals surface area contributed by atoms with Crippen molar-refractivity contribution in [2.24, 2.45) is 5.73 Å². The smallest absolute Gasteiger partial charge is 0.249 e. The normalized spacial score (nSPS) is 11.9. The van der Waals surface area contributed by atoms with Crippen molar-refractivity contribution < 1.29 is 23.4 Å². The third kappa shape index (κ3) is 8.42. The first-order chi connectivity index (χ1) is 16.4. The minimum atomic E-state index is -1.01. The van der Waals surface area contributed by atoms with Gasteiger partial charge in [-0.15, -0.1) is 0 Å². The van der Waals surface area contributed by atoms with Gasteiger partial charge >= 0.3 is 0 Å². The lowest BCUT2D eigenvalue weighted by atomic mass is 10.0. The number of nitrogens with two attached hydrogens (primary N) is 1. The Kier molecular flexibility index (Phi) is 10.9. The van der Waals surface area contributed by atoms with Crippen molar-refractivity contribution in [2.45, 2.75) is 26.5 Å². The molecule has 0 aliphatic carbocycles. The predicted octanol–water partition coefficient (Wildman–Crippen LogP) is 4.55. The molecule has 4 N–H and O–H groups in total. The van der Waals surface area contributed by atoms with Crippen molar-refractivity contribution in [3.05, 3.63) is 101 Å². The number of nitrogens with one attached hydrogen (secondary N) is 1. The second kappa shape index (κ2) is 13.9. The van der Waals surface area contributed by atoms with Crippen molar-refractivity contribution in [3.63, 3.8) is 0 Å². The average Bonchev–Trinajstić information content (AvgIpc) is 2.85. The molecule has 5 nitrogen and oxygen atoms in total. The van der Waals surface area contributed by atoms with Gasteiger partial charge in [-0.2, -0.15) is 0 Å². The molecule has 0 aliphatic heterocycles. The molecule has 0 bridgehead atoms. The summed E-state index contributed by atoms with van der Waals surface area (Å²) in [6.07, 6.45) is 0.691. The summed E-state index contributed by atoms with van der Waals surface area (Å²) in [6.45, 7) is 5.11. The fourth-order valence-corrected chi connectivity index (χ4v) is 3.03. The second-order valence-electron chi connectivity index (χ2n) is 7.20. The van der Waals surface area contributed by atoms with Crippen molar-refractivity contribution in [1.82, 2.24) is 5.32 Å². The number of primary amides is 1. The highest BCUT2D eigenvalue weighted by Gasteiger charge is 2.11. The Morgan fingerprint density at radius 1 is 1.03 bits per heavy atom. The third-order valence-corrected chi connectivity index (χ3v) is 4.68. The van der Waals surface area contributed by atoms with Crippen molar-refractivity contribution in [2.75, 3.05) is 13.2 Å². The number of aliphatic hydroxyl groups is 1. The number of amides is 1. The fourth-order valence-electron chi connectivity index (χ4n) is 3.03. The van der Waals surface area contributed by atoms with E-state index in [2.05, 4.69) is 5.32 Å². The number of hydrogen-bond acceptors (Lipinski definition) is 4. The zero-order chi connectivity index (χ0) is 24.9. The SMILES string of the molecule is CC.NC(=O)/C(=C/c1ccc(F)c(F)c1)c1ccc(OCC(O)CNCc2ccccc2)cc1. The average molecular weight is 469 g/mol. The van der Waals surface area contributed by atoms with E-state index in [0.29, 0.717) is 30.0 Å². The molecule has 34 heavy (non-hydrogen) atoms. The van der Waals surface area contributed by atoms with Gasteiger partial charge in [-0.05, 0) is 47.0 Å². The number of benzene rings is 3. The van der Waals surface area contributed by atoms with Crippen LogP contribution in [0.15, 0.2) is 72.8 Å². The quantitative estimate of drug-likeness (QED) is 0.301. The Bertz CT molecular complexity index is 1070. The summed E-state index contributed by atoms with van der Waals surface area (Å²) in [5.41, 5.74) is 7.54. The maximum atomic E-state index is 13.4. The second-order valence-corrected chi connectivity index (χ2v) is 7.20. The summed E-state index contributed by atoms with van der Waals surface area (Å²) >= 11 is 0. The molecule has 180 valence electrons. The van der Waals surface area contributed by atoms with Crippen LogP contribution in [-0.2, 0) is 11.3 Å². The summed E-state index contributed by atoms with van der Waals surface area (Å²) in [5.74, 6) is -2.18. The topological polar surface area (TPSA) is 84.6 Å². The molecule has 3 aromatic carbocycles. The van der Waals surface area contributed by atoms with Crippen LogP contribution in [-0.4, -0.2) is 30.3 Å². The van der Waals surface area contributed by atoms with Crippen LogP contribution in [0, 0.1) is 11.6 Å². The van der Waals surface area contributed by atoms with Gasteiger partial charge in [0, 0.05) is 18.7 Å². The van der Waals surface area contributed by atoms with E-state index in [1.807, 2.05) is 44.2 Å². The lowest BCUT2D eigenvalue weighted by Crippen LogP contribution is -2.31. The standard InChI is InChI=1S/C25H24F2N2O3.C2H6/c26-23-11-6-18(13-24(23)27)12-22(25(28)31)19-7-9-21(10-8-19)32-16-20(30)15-29-14-17-4-2-1-3-5-17;1-2/h1-13,20,29-30H,14-16H2,(H2,28,31);1-2H3/b22-12+;. The Balaban J connectivity index is 0.00000199. The van der Waals surface area contributed by atoms with E-state index in [-0.39, 0.29) is 12.2 Å². The van der Waals surface area contributed by atoms with E-state index in [4.69, 9.17) is 10.5 Å². The molecule has 1 unspecified atom stereocenters. The first-order valence-corrected chi connectivity index (χ1v) is 11.0. The van der Waals surface area contributed by atoms with Crippen LogP contribution in [0.2, 0.25) is 0 Å². The minimum Gasteiger partial charge on any atom is -0.491 e. The van der Waals surface area contributed by atoms with E-state index in [1.165, 1.54) is 12.1 Å². The molecule has 0 fully saturated rings. The van der Waals surface area contributed by atoms with Gasteiger partial charge in [0.15, 0.2) is 11.6 Å². The molecule has 0 heterocycles. The number of rotatable bonds is 10. The van der Waals surface area contributed by atoms with Crippen LogP contribution in [0.4, 0.5) is 8.78 Å². The van der Waals surface area contributed by atoms with Crippen LogP contribution < -0.4 is 15.8 Å². The molecule has 1 amide bonds. The lowest BCUT2D eigenvalue weighted by Gasteiger charge is -2.14. The van der Waals surface area contributed by atoms with Gasteiger partial charge in [0.25, 0.3) is 0 Å². The Hall–Kier alpha value is -3.55. The molecule has 1 atom stereocenters. The van der Waals surface area contributed by atoms with Crippen molar-refractivity contribution in [3.8, 4) is 5.75 Å². The monoisotopic (exact) mass is 468 g/mol. The van der Waals surface area contributed by atoms with Gasteiger partial charge in [-0.3, -0.25) is 4.79 Å². The number of aliphatic hydroxyl groups excluding tert-OH is 1. The van der Waals surface area contributed by atoms with E-state index < -0.39 is 23.6 Å². The van der Waals surface area contributed by atoms with Crippen LogP contribution in [0.5, 0.6) is 5.75 Å². The van der Waals surface area contributed by atoms with E-state index >= 15 is 0 Å². The number of carbonyl (C=O) groups is 1. The molecular formula is C27H30F2N2O3. The maximum Gasteiger partial charge on any atom is 0.249 e. The summed E-state index contributed by atoms with van der Waals surface area (Å²) in [6, 6.07) is 19.7. The largest absolute Gasteiger partial charge is 0.491 e. The van der Waals surface area contributed by atoms with Crippen molar-refractivity contribution >= 4 is 17.6 Å². The van der Waals surface area contributed by atoms with Crippen molar-refractivity contribution in [1.29, 1.82) is 0 Å². The number of hydrogen-bond donors (Lipinski definition) is 3.